The molecule has 2 aromatic rings. The molecular formula is C12H13N3O3. The van der Waals surface area contributed by atoms with Gasteiger partial charge in [-0.3, -0.25) is 14.2 Å². The Balaban J connectivity index is 2.55. The van der Waals surface area contributed by atoms with Gasteiger partial charge in [0.25, 0.3) is 11.5 Å². The lowest BCUT2D eigenvalue weighted by molar-refractivity contribution is 0.0930. The molecule has 6 heteroatoms. The first-order chi connectivity index (χ1) is 8.65. The molecule has 1 aromatic carbocycles. The molecule has 0 fully saturated rings. The highest BCUT2D eigenvalue weighted by Gasteiger charge is 2.14. The number of aromatic nitrogens is 2. The van der Waals surface area contributed by atoms with E-state index in [1.165, 1.54) is 11.6 Å². The standard InChI is InChI=1S/C12H13N3O3/c1-15-10(11(17)13-6-7-16)14-9-5-3-2-4-8(9)12(15)18/h2-5,16H,6-7H2,1H3,(H,13,17). The third-order valence-electron chi connectivity index (χ3n) is 2.58. The van der Waals surface area contributed by atoms with Gasteiger partial charge in [-0.2, -0.15) is 0 Å². The molecule has 1 aromatic heterocycles. The van der Waals surface area contributed by atoms with Crippen LogP contribution in [0.1, 0.15) is 10.6 Å². The second kappa shape index (κ2) is 4.97. The van der Waals surface area contributed by atoms with E-state index < -0.39 is 5.91 Å². The van der Waals surface area contributed by atoms with E-state index in [-0.39, 0.29) is 24.5 Å². The zero-order valence-corrected chi connectivity index (χ0v) is 9.88. The Hall–Kier alpha value is -2.21. The van der Waals surface area contributed by atoms with Crippen molar-refractivity contribution in [3.05, 3.63) is 40.4 Å². The maximum Gasteiger partial charge on any atom is 0.287 e. The van der Waals surface area contributed by atoms with Gasteiger partial charge in [-0.15, -0.1) is 0 Å². The Morgan fingerprint density at radius 2 is 2.17 bits per heavy atom. The summed E-state index contributed by atoms with van der Waals surface area (Å²) in [5.74, 6) is -0.443. The Labute approximate surface area is 103 Å². The van der Waals surface area contributed by atoms with E-state index in [1.807, 2.05) is 0 Å². The van der Waals surface area contributed by atoms with Gasteiger partial charge in [0.2, 0.25) is 5.82 Å². The highest BCUT2D eigenvalue weighted by atomic mass is 16.3. The van der Waals surface area contributed by atoms with Crippen molar-refractivity contribution in [2.75, 3.05) is 13.2 Å². The predicted molar refractivity (Wildman–Crippen MR) is 66.4 cm³/mol. The Morgan fingerprint density at radius 3 is 2.89 bits per heavy atom. The largest absolute Gasteiger partial charge is 0.395 e. The minimum Gasteiger partial charge on any atom is -0.395 e. The summed E-state index contributed by atoms with van der Waals surface area (Å²) < 4.78 is 1.20. The van der Waals surface area contributed by atoms with Crippen LogP contribution >= 0.6 is 0 Å². The molecule has 0 bridgehead atoms. The minimum absolute atomic E-state index is 0.0344. The molecule has 18 heavy (non-hydrogen) atoms. The van der Waals surface area contributed by atoms with Crippen LogP contribution in [0.4, 0.5) is 0 Å². The molecule has 0 atom stereocenters. The van der Waals surface area contributed by atoms with E-state index in [1.54, 1.807) is 24.3 Å². The summed E-state index contributed by atoms with van der Waals surface area (Å²) in [5, 5.41) is 11.6. The average Bonchev–Trinajstić information content (AvgIpc) is 2.40. The molecule has 2 N–H and O–H groups in total. The van der Waals surface area contributed by atoms with Crippen LogP contribution < -0.4 is 10.9 Å². The molecule has 0 radical (unpaired) electrons. The van der Waals surface area contributed by atoms with Gasteiger partial charge >= 0.3 is 0 Å². The number of benzene rings is 1. The summed E-state index contributed by atoms with van der Waals surface area (Å²) in [7, 11) is 1.50. The number of carbonyl (C=O) groups is 1. The number of hydrogen-bond acceptors (Lipinski definition) is 4. The number of hydrogen-bond donors (Lipinski definition) is 2. The second-order valence-electron chi connectivity index (χ2n) is 3.80. The Kier molecular flexibility index (Phi) is 3.38. The van der Waals surface area contributed by atoms with Crippen LogP contribution in [0, 0.1) is 0 Å². The fourth-order valence-corrected chi connectivity index (χ4v) is 1.67. The number of carbonyl (C=O) groups excluding carboxylic acids is 1. The zero-order chi connectivity index (χ0) is 13.1. The summed E-state index contributed by atoms with van der Waals surface area (Å²) in [6.45, 7) is -0.0329. The van der Waals surface area contributed by atoms with Crippen LogP contribution in [0.25, 0.3) is 10.9 Å². The van der Waals surface area contributed by atoms with E-state index in [4.69, 9.17) is 5.11 Å². The minimum atomic E-state index is -0.477. The number of aliphatic hydroxyl groups is 1. The molecule has 1 amide bonds. The molecule has 94 valence electrons. The van der Waals surface area contributed by atoms with E-state index >= 15 is 0 Å². The second-order valence-corrected chi connectivity index (χ2v) is 3.80. The van der Waals surface area contributed by atoms with E-state index in [2.05, 4.69) is 10.3 Å². The van der Waals surface area contributed by atoms with Crippen LogP contribution in [-0.2, 0) is 7.05 Å². The number of para-hydroxylation sites is 1. The Morgan fingerprint density at radius 1 is 1.44 bits per heavy atom. The van der Waals surface area contributed by atoms with Gasteiger partial charge in [0.1, 0.15) is 0 Å². The number of rotatable bonds is 3. The van der Waals surface area contributed by atoms with Crippen molar-refractivity contribution in [1.29, 1.82) is 0 Å². The van der Waals surface area contributed by atoms with E-state index in [0.29, 0.717) is 10.9 Å². The van der Waals surface area contributed by atoms with Gasteiger partial charge in [0.15, 0.2) is 0 Å². The molecule has 2 rings (SSSR count). The number of nitrogens with zero attached hydrogens (tertiary/aromatic N) is 2. The van der Waals surface area contributed by atoms with Gasteiger partial charge in [0.05, 0.1) is 17.5 Å². The molecule has 0 saturated heterocycles. The third kappa shape index (κ3) is 2.10. The zero-order valence-electron chi connectivity index (χ0n) is 9.88. The summed E-state index contributed by atoms with van der Waals surface area (Å²) in [6, 6.07) is 6.85. The van der Waals surface area contributed by atoms with Crippen LogP contribution in [0.2, 0.25) is 0 Å². The lowest BCUT2D eigenvalue weighted by Gasteiger charge is -2.08. The van der Waals surface area contributed by atoms with Crippen molar-refractivity contribution in [2.45, 2.75) is 0 Å². The topological polar surface area (TPSA) is 84.2 Å². The van der Waals surface area contributed by atoms with Crippen LogP contribution in [0.15, 0.2) is 29.1 Å². The first kappa shape index (κ1) is 12.3. The van der Waals surface area contributed by atoms with Gasteiger partial charge in [-0.25, -0.2) is 4.98 Å². The van der Waals surface area contributed by atoms with Crippen molar-refractivity contribution in [2.24, 2.45) is 7.05 Å². The highest BCUT2D eigenvalue weighted by molar-refractivity contribution is 5.92. The molecular weight excluding hydrogens is 234 g/mol. The number of fused-ring (bicyclic) bond motifs is 1. The summed E-state index contributed by atoms with van der Waals surface area (Å²) in [4.78, 5) is 28.0. The summed E-state index contributed by atoms with van der Waals surface area (Å²) in [6.07, 6.45) is 0. The van der Waals surface area contributed by atoms with Crippen molar-refractivity contribution < 1.29 is 9.90 Å². The summed E-state index contributed by atoms with van der Waals surface area (Å²) in [5.41, 5.74) is 0.212. The van der Waals surface area contributed by atoms with Gasteiger partial charge in [-0.1, -0.05) is 12.1 Å². The monoisotopic (exact) mass is 247 g/mol. The molecule has 1 heterocycles. The highest BCUT2D eigenvalue weighted by Crippen LogP contribution is 2.06. The third-order valence-corrected chi connectivity index (χ3v) is 2.58. The van der Waals surface area contributed by atoms with Gasteiger partial charge < -0.3 is 10.4 Å². The maximum atomic E-state index is 12.0. The van der Waals surface area contributed by atoms with Crippen LogP contribution in [0.5, 0.6) is 0 Å². The molecule has 0 aliphatic carbocycles. The molecule has 0 spiro atoms. The first-order valence-electron chi connectivity index (χ1n) is 5.50. The molecule has 0 saturated carbocycles. The van der Waals surface area contributed by atoms with Crippen LogP contribution in [-0.4, -0.2) is 33.7 Å². The number of nitrogens with one attached hydrogen (secondary N) is 1. The Bertz CT molecular complexity index is 649. The van der Waals surface area contributed by atoms with Crippen molar-refractivity contribution >= 4 is 16.8 Å². The van der Waals surface area contributed by atoms with Crippen LogP contribution in [0.3, 0.4) is 0 Å². The quantitative estimate of drug-likeness (QED) is 0.777. The smallest absolute Gasteiger partial charge is 0.287 e. The van der Waals surface area contributed by atoms with Crippen molar-refractivity contribution in [3.8, 4) is 0 Å². The number of amides is 1. The van der Waals surface area contributed by atoms with E-state index in [9.17, 15) is 9.59 Å². The average molecular weight is 247 g/mol. The first-order valence-corrected chi connectivity index (χ1v) is 5.50. The lowest BCUT2D eigenvalue weighted by Crippen LogP contribution is -2.33. The van der Waals surface area contributed by atoms with E-state index in [0.717, 1.165) is 0 Å². The van der Waals surface area contributed by atoms with Crippen molar-refractivity contribution in [1.82, 2.24) is 14.9 Å². The fourth-order valence-electron chi connectivity index (χ4n) is 1.67. The maximum absolute atomic E-state index is 12.0. The normalized spacial score (nSPS) is 10.6. The summed E-state index contributed by atoms with van der Waals surface area (Å²) >= 11 is 0. The SMILES string of the molecule is Cn1c(C(=O)NCCO)nc2ccccc2c1=O. The van der Waals surface area contributed by atoms with Crippen molar-refractivity contribution in [3.63, 3.8) is 0 Å². The molecule has 0 unspecified atom stereocenters. The van der Waals surface area contributed by atoms with Gasteiger partial charge in [0, 0.05) is 13.6 Å². The fraction of sp³-hybridized carbons (Fsp3) is 0.250. The van der Waals surface area contributed by atoms with Gasteiger partial charge in [-0.05, 0) is 12.1 Å². The number of aliphatic hydroxyl groups excluding tert-OH is 1. The lowest BCUT2D eigenvalue weighted by atomic mass is 10.2. The molecule has 0 aliphatic rings. The molecule has 6 nitrogen and oxygen atoms in total. The molecule has 0 aliphatic heterocycles. The predicted octanol–water partition coefficient (Wildman–Crippen LogP) is -0.344.